The molecule has 2 N–H and O–H groups in total. The summed E-state index contributed by atoms with van der Waals surface area (Å²) in [6.45, 7) is 0.854. The Bertz CT molecular complexity index is 782. The van der Waals surface area contributed by atoms with E-state index in [1.54, 1.807) is 29.2 Å². The molecule has 0 spiro atoms. The van der Waals surface area contributed by atoms with Gasteiger partial charge in [0.1, 0.15) is 5.75 Å². The number of non-ortho nitro benzene ring substituents is 1. The summed E-state index contributed by atoms with van der Waals surface area (Å²) < 4.78 is 5.78. The van der Waals surface area contributed by atoms with Crippen molar-refractivity contribution >= 4 is 29.7 Å². The van der Waals surface area contributed by atoms with Crippen molar-refractivity contribution in [2.75, 3.05) is 18.0 Å². The van der Waals surface area contributed by atoms with Gasteiger partial charge in [-0.05, 0) is 31.2 Å². The van der Waals surface area contributed by atoms with Crippen LogP contribution in [0.4, 0.5) is 11.4 Å². The van der Waals surface area contributed by atoms with Crippen LogP contribution in [-0.4, -0.2) is 23.9 Å². The molecule has 0 bridgehead atoms. The Morgan fingerprint density at radius 3 is 2.62 bits per heavy atom. The van der Waals surface area contributed by atoms with E-state index in [2.05, 4.69) is 0 Å². The molecule has 24 heavy (non-hydrogen) atoms. The van der Waals surface area contributed by atoms with Crippen LogP contribution in [0.25, 0.3) is 0 Å². The fraction of sp³-hybridized carbons (Fsp3) is 0.188. The Labute approximate surface area is 144 Å². The first kappa shape index (κ1) is 17.7. The summed E-state index contributed by atoms with van der Waals surface area (Å²) in [7, 11) is 0. The summed E-state index contributed by atoms with van der Waals surface area (Å²) in [5.41, 5.74) is 6.39. The summed E-state index contributed by atoms with van der Waals surface area (Å²) in [5.74, 6) is 0.464. The Morgan fingerprint density at radius 2 is 1.92 bits per heavy atom. The van der Waals surface area contributed by atoms with Gasteiger partial charge in [-0.2, -0.15) is 0 Å². The summed E-state index contributed by atoms with van der Waals surface area (Å²) in [6.07, 6.45) is 0.615. The van der Waals surface area contributed by atoms with Crippen molar-refractivity contribution in [2.45, 2.75) is 6.42 Å². The van der Waals surface area contributed by atoms with Crippen LogP contribution in [0.2, 0.25) is 0 Å². The van der Waals surface area contributed by atoms with Crippen molar-refractivity contribution in [3.63, 3.8) is 0 Å². The highest BCUT2D eigenvalue weighted by Gasteiger charge is 2.28. The lowest BCUT2D eigenvalue weighted by atomic mass is 10.1. The van der Waals surface area contributed by atoms with E-state index in [0.29, 0.717) is 36.5 Å². The Kier molecular flexibility index (Phi) is 5.38. The van der Waals surface area contributed by atoms with Crippen LogP contribution in [0.3, 0.4) is 0 Å². The van der Waals surface area contributed by atoms with Crippen LogP contribution >= 0.6 is 12.4 Å². The van der Waals surface area contributed by atoms with Gasteiger partial charge in [0, 0.05) is 12.6 Å². The van der Waals surface area contributed by atoms with E-state index in [4.69, 9.17) is 10.5 Å². The molecule has 2 aromatic carbocycles. The highest BCUT2D eigenvalue weighted by atomic mass is 35.5. The molecule has 0 radical (unpaired) electrons. The monoisotopic (exact) mass is 349 g/mol. The molecule has 7 nitrogen and oxygen atoms in total. The third kappa shape index (κ3) is 3.17. The first-order valence-corrected chi connectivity index (χ1v) is 7.19. The van der Waals surface area contributed by atoms with Crippen molar-refractivity contribution in [2.24, 2.45) is 5.73 Å². The number of ether oxygens (including phenoxy) is 1. The lowest BCUT2D eigenvalue weighted by Gasteiger charge is -2.21. The number of hydrogen-bond donors (Lipinski definition) is 1. The number of fused-ring (bicyclic) bond motifs is 2. The molecular formula is C16H16ClN3O4. The number of rotatable bonds is 4. The van der Waals surface area contributed by atoms with Crippen LogP contribution in [0.15, 0.2) is 42.5 Å². The maximum atomic E-state index is 12.8. The van der Waals surface area contributed by atoms with Gasteiger partial charge >= 0.3 is 0 Å². The molecule has 0 unspecified atom stereocenters. The molecule has 1 heterocycles. The summed E-state index contributed by atoms with van der Waals surface area (Å²) in [4.78, 5) is 24.8. The van der Waals surface area contributed by atoms with Crippen molar-refractivity contribution in [3.8, 4) is 11.5 Å². The lowest BCUT2D eigenvalue weighted by molar-refractivity contribution is -0.384. The highest BCUT2D eigenvalue weighted by Crippen LogP contribution is 2.40. The Balaban J connectivity index is 0.00000208. The zero-order chi connectivity index (χ0) is 16.4. The number of nitro groups is 1. The summed E-state index contributed by atoms with van der Waals surface area (Å²) >= 11 is 0. The second-order valence-corrected chi connectivity index (χ2v) is 5.11. The minimum Gasteiger partial charge on any atom is -0.454 e. The lowest BCUT2D eigenvalue weighted by Crippen LogP contribution is -2.32. The van der Waals surface area contributed by atoms with E-state index in [1.165, 1.54) is 18.2 Å². The number of nitro benzene ring substituents is 1. The number of carbonyl (C=O) groups is 1. The molecule has 126 valence electrons. The fourth-order valence-corrected chi connectivity index (χ4v) is 2.50. The zero-order valence-corrected chi connectivity index (χ0v) is 13.5. The standard InChI is InChI=1S/C16H15N3O4.ClH/c17-8-3-9-18-13-7-6-11(19(21)22)10-15(13)23-14-5-2-1-4-12(14)16(18)20;/h1-2,4-7,10H,3,8-9,17H2;1H. The van der Waals surface area contributed by atoms with Crippen molar-refractivity contribution in [3.05, 3.63) is 58.1 Å². The number of halogens is 1. The smallest absolute Gasteiger partial charge is 0.273 e. The van der Waals surface area contributed by atoms with Crippen LogP contribution in [-0.2, 0) is 0 Å². The molecule has 3 rings (SSSR count). The fourth-order valence-electron chi connectivity index (χ4n) is 2.50. The molecule has 0 aromatic heterocycles. The minimum absolute atomic E-state index is 0. The first-order chi connectivity index (χ1) is 11.1. The number of carbonyl (C=O) groups excluding carboxylic acids is 1. The number of hydrogen-bond acceptors (Lipinski definition) is 5. The van der Waals surface area contributed by atoms with E-state index in [1.807, 2.05) is 0 Å². The molecule has 0 atom stereocenters. The Hall–Kier alpha value is -2.64. The second kappa shape index (κ2) is 7.29. The van der Waals surface area contributed by atoms with Gasteiger partial charge in [0.15, 0.2) is 5.75 Å². The molecule has 2 aromatic rings. The highest BCUT2D eigenvalue weighted by molar-refractivity contribution is 6.09. The van der Waals surface area contributed by atoms with Gasteiger partial charge < -0.3 is 15.4 Å². The molecule has 0 fully saturated rings. The van der Waals surface area contributed by atoms with Gasteiger partial charge in [-0.3, -0.25) is 14.9 Å². The van der Waals surface area contributed by atoms with Gasteiger partial charge in [0.05, 0.1) is 22.2 Å². The van der Waals surface area contributed by atoms with E-state index in [9.17, 15) is 14.9 Å². The van der Waals surface area contributed by atoms with Gasteiger partial charge in [-0.25, -0.2) is 0 Å². The Morgan fingerprint density at radius 1 is 1.17 bits per heavy atom. The van der Waals surface area contributed by atoms with Crippen molar-refractivity contribution < 1.29 is 14.5 Å². The molecular weight excluding hydrogens is 334 g/mol. The quantitative estimate of drug-likeness (QED) is 0.675. The number of nitrogens with two attached hydrogens (primary N) is 1. The maximum Gasteiger partial charge on any atom is 0.273 e. The van der Waals surface area contributed by atoms with E-state index in [-0.39, 0.29) is 29.8 Å². The van der Waals surface area contributed by atoms with Crippen LogP contribution in [0, 0.1) is 10.1 Å². The van der Waals surface area contributed by atoms with E-state index < -0.39 is 4.92 Å². The first-order valence-electron chi connectivity index (χ1n) is 7.19. The van der Waals surface area contributed by atoms with E-state index >= 15 is 0 Å². The predicted molar refractivity (Wildman–Crippen MR) is 92.2 cm³/mol. The molecule has 0 saturated carbocycles. The zero-order valence-electron chi connectivity index (χ0n) is 12.7. The second-order valence-electron chi connectivity index (χ2n) is 5.11. The molecule has 1 amide bonds. The van der Waals surface area contributed by atoms with Crippen molar-refractivity contribution in [1.82, 2.24) is 0 Å². The largest absolute Gasteiger partial charge is 0.454 e. The summed E-state index contributed by atoms with van der Waals surface area (Å²) in [6, 6.07) is 11.1. The average Bonchev–Trinajstić information content (AvgIpc) is 2.67. The normalized spacial score (nSPS) is 12.4. The molecule has 1 aliphatic rings. The third-order valence-electron chi connectivity index (χ3n) is 3.61. The molecule has 0 aliphatic carbocycles. The molecule has 1 aliphatic heterocycles. The number of anilines is 1. The average molecular weight is 350 g/mol. The number of nitrogens with zero attached hydrogens (tertiary/aromatic N) is 2. The van der Waals surface area contributed by atoms with Gasteiger partial charge in [-0.15, -0.1) is 12.4 Å². The number of amides is 1. The molecule has 0 saturated heterocycles. The van der Waals surface area contributed by atoms with Crippen LogP contribution < -0.4 is 15.4 Å². The number of para-hydroxylation sites is 1. The van der Waals surface area contributed by atoms with Crippen molar-refractivity contribution in [1.29, 1.82) is 0 Å². The topological polar surface area (TPSA) is 98.7 Å². The van der Waals surface area contributed by atoms with Gasteiger partial charge in [-0.1, -0.05) is 12.1 Å². The number of benzene rings is 2. The van der Waals surface area contributed by atoms with Crippen LogP contribution in [0.5, 0.6) is 11.5 Å². The molecule has 8 heteroatoms. The van der Waals surface area contributed by atoms with Gasteiger partial charge in [0.25, 0.3) is 11.6 Å². The maximum absolute atomic E-state index is 12.8. The third-order valence-corrected chi connectivity index (χ3v) is 3.61. The van der Waals surface area contributed by atoms with Gasteiger partial charge in [0.2, 0.25) is 0 Å². The minimum atomic E-state index is -0.494. The predicted octanol–water partition coefficient (Wildman–Crippen LogP) is 3.12. The SMILES string of the molecule is Cl.NCCCN1C(=O)c2ccccc2Oc2cc([N+](=O)[O-])ccc21. The summed E-state index contributed by atoms with van der Waals surface area (Å²) in [5, 5.41) is 11.0. The van der Waals surface area contributed by atoms with Crippen LogP contribution in [0.1, 0.15) is 16.8 Å². The van der Waals surface area contributed by atoms with E-state index in [0.717, 1.165) is 0 Å².